The molecule has 0 aliphatic rings. The Labute approximate surface area is 59.3 Å². The molecule has 1 aromatic rings. The van der Waals surface area contributed by atoms with Crippen molar-refractivity contribution in [3.63, 3.8) is 0 Å². The summed E-state index contributed by atoms with van der Waals surface area (Å²) in [6.07, 6.45) is 1.32. The summed E-state index contributed by atoms with van der Waals surface area (Å²) in [7, 11) is 0. The number of aromatic nitrogens is 1. The van der Waals surface area contributed by atoms with E-state index < -0.39 is 6.10 Å². The number of nitrogens with one attached hydrogen (secondary N) is 1. The van der Waals surface area contributed by atoms with Gasteiger partial charge in [0.2, 0.25) is 0 Å². The van der Waals surface area contributed by atoms with Crippen molar-refractivity contribution in [1.82, 2.24) is 4.98 Å². The second-order valence-corrected chi connectivity index (χ2v) is 2.19. The maximum absolute atomic E-state index is 9.11. The van der Waals surface area contributed by atoms with Crippen LogP contribution in [0.4, 0.5) is 0 Å². The van der Waals surface area contributed by atoms with Crippen molar-refractivity contribution in [2.75, 3.05) is 5.75 Å². The minimum absolute atomic E-state index is 0.455. The predicted molar refractivity (Wildman–Crippen MR) is 39.6 cm³/mol. The predicted octanol–water partition coefficient (Wildman–Crippen LogP) is 0.978. The van der Waals surface area contributed by atoms with Gasteiger partial charge in [-0.3, -0.25) is 0 Å². The van der Waals surface area contributed by atoms with Gasteiger partial charge >= 0.3 is 0 Å². The van der Waals surface area contributed by atoms with Gasteiger partial charge in [0.1, 0.15) is 6.10 Å². The normalized spacial score (nSPS) is 13.6. The van der Waals surface area contributed by atoms with E-state index in [-0.39, 0.29) is 0 Å². The van der Waals surface area contributed by atoms with Gasteiger partial charge in [-0.2, -0.15) is 12.6 Å². The average molecular weight is 143 g/mol. The van der Waals surface area contributed by atoms with Crippen LogP contribution in [-0.2, 0) is 0 Å². The minimum atomic E-state index is -0.455. The molecule has 0 fully saturated rings. The van der Waals surface area contributed by atoms with Gasteiger partial charge in [0.25, 0.3) is 0 Å². The first-order valence-corrected chi connectivity index (χ1v) is 3.40. The molecule has 1 atom stereocenters. The Balaban J connectivity index is 2.65. The Morgan fingerprint density at radius 3 is 3.00 bits per heavy atom. The number of aliphatic hydroxyl groups excluding tert-OH is 1. The maximum atomic E-state index is 9.11. The molecule has 0 aliphatic heterocycles. The van der Waals surface area contributed by atoms with Crippen LogP contribution in [0.5, 0.6) is 0 Å². The van der Waals surface area contributed by atoms with Gasteiger partial charge in [0.15, 0.2) is 0 Å². The van der Waals surface area contributed by atoms with Gasteiger partial charge in [-0.25, -0.2) is 0 Å². The quantitative estimate of drug-likeness (QED) is 0.530. The highest BCUT2D eigenvalue weighted by atomic mass is 32.1. The van der Waals surface area contributed by atoms with Crippen molar-refractivity contribution in [3.8, 4) is 0 Å². The lowest BCUT2D eigenvalue weighted by molar-refractivity contribution is 0.200. The summed E-state index contributed by atoms with van der Waals surface area (Å²) in [5, 5.41) is 9.11. The Bertz CT molecular complexity index is 162. The number of hydrogen-bond donors (Lipinski definition) is 3. The summed E-state index contributed by atoms with van der Waals surface area (Å²) in [4.78, 5) is 2.89. The van der Waals surface area contributed by atoms with Gasteiger partial charge < -0.3 is 10.1 Å². The Hall–Kier alpha value is -0.410. The van der Waals surface area contributed by atoms with Crippen LogP contribution >= 0.6 is 12.6 Å². The Morgan fingerprint density at radius 1 is 1.78 bits per heavy atom. The van der Waals surface area contributed by atoms with Gasteiger partial charge in [-0.1, -0.05) is 0 Å². The molecule has 3 heteroatoms. The summed E-state index contributed by atoms with van der Waals surface area (Å²) < 4.78 is 0. The van der Waals surface area contributed by atoms with E-state index in [1.54, 1.807) is 6.20 Å². The lowest BCUT2D eigenvalue weighted by Gasteiger charge is -2.01. The van der Waals surface area contributed by atoms with Crippen molar-refractivity contribution in [3.05, 3.63) is 24.0 Å². The summed E-state index contributed by atoms with van der Waals surface area (Å²) in [5.74, 6) is 0.459. The number of hydrogen-bond acceptors (Lipinski definition) is 2. The molecule has 0 saturated carbocycles. The van der Waals surface area contributed by atoms with Crippen molar-refractivity contribution < 1.29 is 5.11 Å². The highest BCUT2D eigenvalue weighted by Gasteiger charge is 2.02. The van der Waals surface area contributed by atoms with Crippen LogP contribution in [-0.4, -0.2) is 15.8 Å². The third-order valence-electron chi connectivity index (χ3n) is 1.15. The van der Waals surface area contributed by atoms with Crippen molar-refractivity contribution >= 4 is 12.6 Å². The van der Waals surface area contributed by atoms with Crippen LogP contribution in [0.3, 0.4) is 0 Å². The molecule has 2 nitrogen and oxygen atoms in total. The molecule has 1 rings (SSSR count). The first-order chi connectivity index (χ1) is 4.34. The molecule has 0 amide bonds. The SMILES string of the molecule is OC(CS)c1ccc[nH]1. The zero-order valence-electron chi connectivity index (χ0n) is 4.91. The van der Waals surface area contributed by atoms with E-state index >= 15 is 0 Å². The second-order valence-electron chi connectivity index (χ2n) is 1.82. The molecule has 9 heavy (non-hydrogen) atoms. The van der Waals surface area contributed by atoms with Gasteiger partial charge in [0.05, 0.1) is 0 Å². The third kappa shape index (κ3) is 1.50. The summed E-state index contributed by atoms with van der Waals surface area (Å²) >= 11 is 3.93. The molecule has 0 bridgehead atoms. The zero-order valence-corrected chi connectivity index (χ0v) is 5.81. The van der Waals surface area contributed by atoms with Crippen LogP contribution in [0.25, 0.3) is 0 Å². The molecule has 50 valence electrons. The van der Waals surface area contributed by atoms with Crippen LogP contribution in [0.2, 0.25) is 0 Å². The van der Waals surface area contributed by atoms with Crippen LogP contribution in [0, 0.1) is 0 Å². The topological polar surface area (TPSA) is 36.0 Å². The molecule has 1 heterocycles. The molecule has 0 saturated heterocycles. The fourth-order valence-corrected chi connectivity index (χ4v) is 0.847. The largest absolute Gasteiger partial charge is 0.386 e. The smallest absolute Gasteiger partial charge is 0.102 e. The van der Waals surface area contributed by atoms with Crippen molar-refractivity contribution in [2.24, 2.45) is 0 Å². The van der Waals surface area contributed by atoms with Crippen molar-refractivity contribution in [2.45, 2.75) is 6.10 Å². The van der Waals surface area contributed by atoms with Gasteiger partial charge in [-0.05, 0) is 12.1 Å². The van der Waals surface area contributed by atoms with E-state index in [1.165, 1.54) is 0 Å². The molecule has 0 aliphatic carbocycles. The number of aromatic amines is 1. The Morgan fingerprint density at radius 2 is 2.56 bits per heavy atom. The number of H-pyrrole nitrogens is 1. The first kappa shape index (κ1) is 6.71. The van der Waals surface area contributed by atoms with Gasteiger partial charge in [-0.15, -0.1) is 0 Å². The van der Waals surface area contributed by atoms with E-state index in [0.717, 1.165) is 5.69 Å². The van der Waals surface area contributed by atoms with Crippen LogP contribution in [0.15, 0.2) is 18.3 Å². The molecule has 1 aromatic heterocycles. The maximum Gasteiger partial charge on any atom is 0.102 e. The lowest BCUT2D eigenvalue weighted by Crippen LogP contribution is -1.97. The molecule has 0 aromatic carbocycles. The minimum Gasteiger partial charge on any atom is -0.386 e. The van der Waals surface area contributed by atoms with Crippen LogP contribution < -0.4 is 0 Å². The lowest BCUT2D eigenvalue weighted by atomic mass is 10.3. The molecular formula is C6H9NOS. The number of rotatable bonds is 2. The van der Waals surface area contributed by atoms with E-state index in [4.69, 9.17) is 5.11 Å². The molecule has 0 radical (unpaired) electrons. The van der Waals surface area contributed by atoms with Gasteiger partial charge in [0, 0.05) is 17.6 Å². The van der Waals surface area contributed by atoms with Crippen LogP contribution in [0.1, 0.15) is 11.8 Å². The fraction of sp³-hybridized carbons (Fsp3) is 0.333. The van der Waals surface area contributed by atoms with Crippen molar-refractivity contribution in [1.29, 1.82) is 0 Å². The Kier molecular flexibility index (Phi) is 2.19. The number of thiol groups is 1. The highest BCUT2D eigenvalue weighted by Crippen LogP contribution is 2.09. The molecule has 1 unspecified atom stereocenters. The fourth-order valence-electron chi connectivity index (χ4n) is 0.650. The monoisotopic (exact) mass is 143 g/mol. The summed E-state index contributed by atoms with van der Waals surface area (Å²) in [5.41, 5.74) is 0.824. The summed E-state index contributed by atoms with van der Waals surface area (Å²) in [6.45, 7) is 0. The summed E-state index contributed by atoms with van der Waals surface area (Å²) in [6, 6.07) is 3.68. The number of aliphatic hydroxyl groups is 1. The van der Waals surface area contributed by atoms with E-state index in [0.29, 0.717) is 5.75 Å². The average Bonchev–Trinajstić information content (AvgIpc) is 2.37. The third-order valence-corrected chi connectivity index (χ3v) is 1.50. The molecule has 2 N–H and O–H groups in total. The van der Waals surface area contributed by atoms with E-state index in [9.17, 15) is 0 Å². The molecular weight excluding hydrogens is 134 g/mol. The van der Waals surface area contributed by atoms with E-state index in [2.05, 4.69) is 17.6 Å². The second kappa shape index (κ2) is 2.94. The zero-order chi connectivity index (χ0) is 6.69. The van der Waals surface area contributed by atoms with E-state index in [1.807, 2.05) is 12.1 Å². The first-order valence-electron chi connectivity index (χ1n) is 2.77. The standard InChI is InChI=1S/C6H9NOS/c8-6(4-9)5-2-1-3-7-5/h1-3,6-9H,4H2. The molecule has 0 spiro atoms. The highest BCUT2D eigenvalue weighted by molar-refractivity contribution is 7.80.